The molecule has 1 rings (SSSR count). The molecular weight excluding hydrogens is 224 g/mol. The van der Waals surface area contributed by atoms with Crippen LogP contribution in [0.4, 0.5) is 17.3 Å². The van der Waals surface area contributed by atoms with Gasteiger partial charge in [-0.25, -0.2) is 4.98 Å². The molecule has 0 radical (unpaired) electrons. The fourth-order valence-corrected chi connectivity index (χ4v) is 1.25. The standard InChI is InChI=1S/C9H14N6O2/c10-5-1-2-8(14-9(5)13)15(3-6(11)16)4-7(12)17/h1-2H,3-4,10H2,(H2,11,16)(H2,12,17)(H2,13,14). The van der Waals surface area contributed by atoms with Crippen LogP contribution in [0.5, 0.6) is 0 Å². The van der Waals surface area contributed by atoms with Crippen LogP contribution in [0.25, 0.3) is 0 Å². The number of carbonyl (C=O) groups is 2. The van der Waals surface area contributed by atoms with Gasteiger partial charge < -0.3 is 27.8 Å². The van der Waals surface area contributed by atoms with Gasteiger partial charge in [0.15, 0.2) is 0 Å². The van der Waals surface area contributed by atoms with Crippen LogP contribution >= 0.6 is 0 Å². The monoisotopic (exact) mass is 238 g/mol. The number of primary amides is 2. The Morgan fingerprint density at radius 2 is 1.65 bits per heavy atom. The molecule has 1 aromatic heterocycles. The predicted molar refractivity (Wildman–Crippen MR) is 63.7 cm³/mol. The Morgan fingerprint density at radius 3 is 2.06 bits per heavy atom. The molecule has 8 N–H and O–H groups in total. The lowest BCUT2D eigenvalue weighted by atomic mass is 10.3. The maximum Gasteiger partial charge on any atom is 0.237 e. The molecule has 0 fully saturated rings. The smallest absolute Gasteiger partial charge is 0.237 e. The van der Waals surface area contributed by atoms with Gasteiger partial charge in [-0.3, -0.25) is 9.59 Å². The number of nitrogens with zero attached hydrogens (tertiary/aromatic N) is 2. The van der Waals surface area contributed by atoms with Gasteiger partial charge in [0.1, 0.15) is 11.6 Å². The third kappa shape index (κ3) is 3.52. The summed E-state index contributed by atoms with van der Waals surface area (Å²) in [6.45, 7) is -0.363. The summed E-state index contributed by atoms with van der Waals surface area (Å²) in [6, 6.07) is 3.05. The van der Waals surface area contributed by atoms with Crippen molar-refractivity contribution in [2.24, 2.45) is 11.5 Å². The second kappa shape index (κ2) is 5.01. The lowest BCUT2D eigenvalue weighted by Crippen LogP contribution is -2.40. The quantitative estimate of drug-likeness (QED) is 0.466. The number of carbonyl (C=O) groups excluding carboxylic acids is 2. The van der Waals surface area contributed by atoms with E-state index in [4.69, 9.17) is 22.9 Å². The van der Waals surface area contributed by atoms with Gasteiger partial charge in [0.2, 0.25) is 11.8 Å². The van der Waals surface area contributed by atoms with Crippen molar-refractivity contribution in [3.05, 3.63) is 12.1 Å². The van der Waals surface area contributed by atoms with Gasteiger partial charge in [0.05, 0.1) is 18.8 Å². The lowest BCUT2D eigenvalue weighted by Gasteiger charge is -2.20. The Hall–Kier alpha value is -2.51. The van der Waals surface area contributed by atoms with Crippen LogP contribution in [0, 0.1) is 0 Å². The predicted octanol–water partition coefficient (Wildman–Crippen LogP) is -1.98. The van der Waals surface area contributed by atoms with Crippen molar-refractivity contribution < 1.29 is 9.59 Å². The van der Waals surface area contributed by atoms with E-state index in [9.17, 15) is 9.59 Å². The average Bonchev–Trinajstić information content (AvgIpc) is 2.19. The van der Waals surface area contributed by atoms with Crippen LogP contribution in [0.1, 0.15) is 0 Å². The number of aromatic nitrogens is 1. The Bertz CT molecular complexity index is 431. The van der Waals surface area contributed by atoms with E-state index in [0.29, 0.717) is 11.5 Å². The molecule has 0 spiro atoms. The molecule has 8 nitrogen and oxygen atoms in total. The highest BCUT2D eigenvalue weighted by atomic mass is 16.2. The minimum atomic E-state index is -0.608. The number of nitrogens with two attached hydrogens (primary N) is 4. The molecule has 0 saturated heterocycles. The van der Waals surface area contributed by atoms with Crippen molar-refractivity contribution in [1.29, 1.82) is 0 Å². The third-order valence-electron chi connectivity index (χ3n) is 1.96. The zero-order chi connectivity index (χ0) is 13.0. The molecule has 0 aliphatic carbocycles. The number of amides is 2. The van der Waals surface area contributed by atoms with Crippen LogP contribution in [-0.4, -0.2) is 29.9 Å². The normalized spacial score (nSPS) is 9.88. The summed E-state index contributed by atoms with van der Waals surface area (Å²) in [5.41, 5.74) is 21.5. The molecule has 0 unspecified atom stereocenters. The molecule has 2 amide bonds. The molecule has 0 atom stereocenters. The van der Waals surface area contributed by atoms with E-state index in [-0.39, 0.29) is 18.9 Å². The van der Waals surface area contributed by atoms with Crippen LogP contribution < -0.4 is 27.8 Å². The summed E-state index contributed by atoms with van der Waals surface area (Å²) < 4.78 is 0. The molecule has 1 aromatic rings. The average molecular weight is 238 g/mol. The van der Waals surface area contributed by atoms with Gasteiger partial charge in [-0.2, -0.15) is 0 Å². The zero-order valence-corrected chi connectivity index (χ0v) is 9.09. The van der Waals surface area contributed by atoms with Gasteiger partial charge in [-0.1, -0.05) is 0 Å². The van der Waals surface area contributed by atoms with Crippen LogP contribution in [0.15, 0.2) is 12.1 Å². The topological polar surface area (TPSA) is 154 Å². The summed E-state index contributed by atoms with van der Waals surface area (Å²) in [4.78, 5) is 27.0. The summed E-state index contributed by atoms with van der Waals surface area (Å²) in [6.07, 6.45) is 0. The summed E-state index contributed by atoms with van der Waals surface area (Å²) in [5.74, 6) is -0.789. The Labute approximate surface area is 97.6 Å². The molecule has 8 heteroatoms. The molecule has 0 bridgehead atoms. The summed E-state index contributed by atoms with van der Waals surface area (Å²) >= 11 is 0. The van der Waals surface area contributed by atoms with Crippen molar-refractivity contribution in [2.45, 2.75) is 0 Å². The second-order valence-corrected chi connectivity index (χ2v) is 3.43. The van der Waals surface area contributed by atoms with Gasteiger partial charge in [-0.15, -0.1) is 0 Å². The number of pyridine rings is 1. The van der Waals surface area contributed by atoms with Crippen molar-refractivity contribution in [1.82, 2.24) is 4.98 Å². The van der Waals surface area contributed by atoms with E-state index in [2.05, 4.69) is 4.98 Å². The molecule has 0 aromatic carbocycles. The molecule has 17 heavy (non-hydrogen) atoms. The van der Waals surface area contributed by atoms with E-state index in [1.807, 2.05) is 0 Å². The number of rotatable bonds is 5. The maximum atomic E-state index is 10.9. The second-order valence-electron chi connectivity index (χ2n) is 3.43. The zero-order valence-electron chi connectivity index (χ0n) is 9.09. The number of nitrogen functional groups attached to an aromatic ring is 2. The first-order valence-electron chi connectivity index (χ1n) is 4.73. The van der Waals surface area contributed by atoms with Crippen molar-refractivity contribution in [2.75, 3.05) is 29.5 Å². The fraction of sp³-hybridized carbons (Fsp3) is 0.222. The van der Waals surface area contributed by atoms with Crippen LogP contribution in [0.3, 0.4) is 0 Å². The highest BCUT2D eigenvalue weighted by molar-refractivity contribution is 5.84. The molecule has 92 valence electrons. The molecule has 0 saturated carbocycles. The largest absolute Gasteiger partial charge is 0.396 e. The summed E-state index contributed by atoms with van der Waals surface area (Å²) in [7, 11) is 0. The van der Waals surface area contributed by atoms with Crippen LogP contribution in [-0.2, 0) is 9.59 Å². The Balaban J connectivity index is 2.98. The van der Waals surface area contributed by atoms with E-state index >= 15 is 0 Å². The molecule has 0 aliphatic rings. The number of anilines is 3. The van der Waals surface area contributed by atoms with Gasteiger partial charge in [0, 0.05) is 0 Å². The molecule has 0 aliphatic heterocycles. The van der Waals surface area contributed by atoms with Gasteiger partial charge in [0.25, 0.3) is 0 Å². The van der Waals surface area contributed by atoms with Gasteiger partial charge >= 0.3 is 0 Å². The first-order chi connectivity index (χ1) is 7.90. The van der Waals surface area contributed by atoms with E-state index < -0.39 is 11.8 Å². The van der Waals surface area contributed by atoms with Crippen molar-refractivity contribution >= 4 is 29.1 Å². The Kier molecular flexibility index (Phi) is 3.70. The van der Waals surface area contributed by atoms with Crippen LogP contribution in [0.2, 0.25) is 0 Å². The van der Waals surface area contributed by atoms with Gasteiger partial charge in [-0.05, 0) is 12.1 Å². The Morgan fingerprint density at radius 1 is 1.12 bits per heavy atom. The first kappa shape index (κ1) is 12.6. The summed E-state index contributed by atoms with van der Waals surface area (Å²) in [5, 5.41) is 0. The van der Waals surface area contributed by atoms with Crippen molar-refractivity contribution in [3.63, 3.8) is 0 Å². The van der Waals surface area contributed by atoms with E-state index in [1.165, 1.54) is 17.0 Å². The minimum absolute atomic E-state index is 0.112. The lowest BCUT2D eigenvalue weighted by molar-refractivity contribution is -0.117. The number of hydrogen-bond donors (Lipinski definition) is 4. The van der Waals surface area contributed by atoms with E-state index in [1.54, 1.807) is 0 Å². The van der Waals surface area contributed by atoms with E-state index in [0.717, 1.165) is 0 Å². The first-order valence-corrected chi connectivity index (χ1v) is 4.73. The SMILES string of the molecule is NC(=O)CN(CC(N)=O)c1ccc(N)c(N)n1. The fourth-order valence-electron chi connectivity index (χ4n) is 1.25. The molecular formula is C9H14N6O2. The number of hydrogen-bond acceptors (Lipinski definition) is 6. The minimum Gasteiger partial charge on any atom is -0.396 e. The molecule has 1 heterocycles. The maximum absolute atomic E-state index is 10.9. The van der Waals surface area contributed by atoms with Crippen molar-refractivity contribution in [3.8, 4) is 0 Å². The third-order valence-corrected chi connectivity index (χ3v) is 1.96. The highest BCUT2D eigenvalue weighted by Crippen LogP contribution is 2.17. The highest BCUT2D eigenvalue weighted by Gasteiger charge is 2.14.